The van der Waals surface area contributed by atoms with Gasteiger partial charge in [0.05, 0.1) is 24.5 Å². The van der Waals surface area contributed by atoms with Gasteiger partial charge in [0.25, 0.3) is 0 Å². The minimum Gasteiger partial charge on any atom is -0.481 e. The molecule has 1 amide bonds. The van der Waals surface area contributed by atoms with Crippen LogP contribution in [0.2, 0.25) is 0 Å². The molecule has 9 heteroatoms. The minimum absolute atomic E-state index is 0.0690. The predicted octanol–water partition coefficient (Wildman–Crippen LogP) is 2.47. The zero-order chi connectivity index (χ0) is 20.8. The van der Waals surface area contributed by atoms with Crippen LogP contribution in [0.1, 0.15) is 19.7 Å². The van der Waals surface area contributed by atoms with Crippen LogP contribution in [0.5, 0.6) is 5.88 Å². The Morgan fingerprint density at radius 2 is 1.97 bits per heavy atom. The van der Waals surface area contributed by atoms with E-state index in [4.69, 9.17) is 15.6 Å². The van der Waals surface area contributed by atoms with Gasteiger partial charge in [0.15, 0.2) is 5.82 Å². The van der Waals surface area contributed by atoms with Crippen LogP contribution in [0, 0.1) is 5.82 Å². The molecule has 0 aliphatic carbocycles. The van der Waals surface area contributed by atoms with Crippen LogP contribution in [0.4, 0.5) is 15.9 Å². The molecule has 4 rings (SSSR count). The van der Waals surface area contributed by atoms with Crippen molar-refractivity contribution in [1.82, 2.24) is 19.9 Å². The molecule has 3 N–H and O–H groups in total. The van der Waals surface area contributed by atoms with Gasteiger partial charge >= 0.3 is 0 Å². The third-order valence-corrected chi connectivity index (χ3v) is 4.81. The van der Waals surface area contributed by atoms with E-state index in [2.05, 4.69) is 10.3 Å². The van der Waals surface area contributed by atoms with Gasteiger partial charge in [-0.05, 0) is 44.2 Å². The number of fused-ring (bicyclic) bond motifs is 1. The van der Waals surface area contributed by atoms with Crippen molar-refractivity contribution in [2.24, 2.45) is 5.84 Å². The number of nitrogens with two attached hydrogens (primary N) is 1. The number of anilines is 2. The van der Waals surface area contributed by atoms with E-state index in [1.807, 2.05) is 13.8 Å². The molecule has 0 fully saturated rings. The number of hydrazine groups is 1. The van der Waals surface area contributed by atoms with E-state index in [-0.39, 0.29) is 18.3 Å². The average molecular weight is 396 g/mol. The second-order valence-electron chi connectivity index (χ2n) is 7.30. The summed E-state index contributed by atoms with van der Waals surface area (Å²) in [4.78, 5) is 21.3. The third-order valence-electron chi connectivity index (χ3n) is 4.81. The average Bonchev–Trinajstić information content (AvgIpc) is 3.07. The molecule has 150 valence electrons. The molecule has 2 aromatic heterocycles. The van der Waals surface area contributed by atoms with Crippen molar-refractivity contribution < 1.29 is 13.9 Å². The maximum atomic E-state index is 13.5. The van der Waals surface area contributed by atoms with Crippen LogP contribution in [0.25, 0.3) is 11.3 Å². The lowest BCUT2D eigenvalue weighted by Gasteiger charge is -2.32. The SMILES string of the molecule is COc1ccc(N(N)c2c(-c3ccc(F)cc3)nc3n2CC(=O)NC3(C)C)cn1. The summed E-state index contributed by atoms with van der Waals surface area (Å²) in [5.41, 5.74) is 1.12. The Bertz CT molecular complexity index is 1060. The van der Waals surface area contributed by atoms with E-state index in [1.165, 1.54) is 24.3 Å². The second kappa shape index (κ2) is 6.85. The molecule has 0 saturated heterocycles. The highest BCUT2D eigenvalue weighted by atomic mass is 19.1. The zero-order valence-corrected chi connectivity index (χ0v) is 16.3. The summed E-state index contributed by atoms with van der Waals surface area (Å²) in [6.07, 6.45) is 1.57. The summed E-state index contributed by atoms with van der Waals surface area (Å²) in [5, 5.41) is 4.36. The van der Waals surface area contributed by atoms with Crippen LogP contribution in [-0.2, 0) is 16.9 Å². The van der Waals surface area contributed by atoms with E-state index in [0.29, 0.717) is 34.5 Å². The van der Waals surface area contributed by atoms with Gasteiger partial charge in [-0.25, -0.2) is 20.2 Å². The van der Waals surface area contributed by atoms with Gasteiger partial charge in [0, 0.05) is 11.6 Å². The first-order chi connectivity index (χ1) is 13.8. The number of pyridine rings is 1. The number of hydrogen-bond donors (Lipinski definition) is 2. The number of halogens is 1. The van der Waals surface area contributed by atoms with Gasteiger partial charge < -0.3 is 14.6 Å². The molecule has 0 bridgehead atoms. The van der Waals surface area contributed by atoms with Crippen molar-refractivity contribution in [3.63, 3.8) is 0 Å². The summed E-state index contributed by atoms with van der Waals surface area (Å²) < 4.78 is 20.3. The van der Waals surface area contributed by atoms with Gasteiger partial charge in [0.2, 0.25) is 11.8 Å². The lowest BCUT2D eigenvalue weighted by molar-refractivity contribution is -0.124. The Morgan fingerprint density at radius 1 is 1.24 bits per heavy atom. The van der Waals surface area contributed by atoms with E-state index in [0.717, 1.165) is 0 Å². The number of imidazole rings is 1. The summed E-state index contributed by atoms with van der Waals surface area (Å²) >= 11 is 0. The summed E-state index contributed by atoms with van der Waals surface area (Å²) in [6.45, 7) is 3.81. The standard InChI is InChI=1S/C20H21FN6O2/c1-20(2)19-24-17(12-4-6-13(21)7-5-12)18(26(19)11-15(28)25-20)27(22)14-8-9-16(29-3)23-10-14/h4-10H,11,22H2,1-3H3,(H,25,28). The largest absolute Gasteiger partial charge is 0.481 e. The first-order valence-corrected chi connectivity index (χ1v) is 9.03. The fraction of sp³-hybridized carbons (Fsp3) is 0.250. The van der Waals surface area contributed by atoms with Gasteiger partial charge in [-0.3, -0.25) is 9.80 Å². The number of rotatable bonds is 4. The van der Waals surface area contributed by atoms with Gasteiger partial charge in [-0.2, -0.15) is 0 Å². The Labute approximate surface area is 167 Å². The number of carbonyl (C=O) groups is 1. The van der Waals surface area contributed by atoms with Gasteiger partial charge in [0.1, 0.15) is 23.9 Å². The van der Waals surface area contributed by atoms with Crippen LogP contribution in [0.15, 0.2) is 42.6 Å². The quantitative estimate of drug-likeness (QED) is 0.519. The van der Waals surface area contributed by atoms with E-state index in [1.54, 1.807) is 35.0 Å². The highest BCUT2D eigenvalue weighted by Gasteiger charge is 2.37. The monoisotopic (exact) mass is 396 g/mol. The number of carbonyl (C=O) groups excluding carboxylic acids is 1. The second-order valence-corrected chi connectivity index (χ2v) is 7.30. The highest BCUT2D eigenvalue weighted by molar-refractivity contribution is 5.83. The first-order valence-electron chi connectivity index (χ1n) is 9.03. The molecular formula is C20H21FN6O2. The number of methoxy groups -OCH3 is 1. The Kier molecular flexibility index (Phi) is 4.46. The smallest absolute Gasteiger partial charge is 0.240 e. The molecule has 8 nitrogen and oxygen atoms in total. The topological polar surface area (TPSA) is 98.3 Å². The number of benzene rings is 1. The number of nitrogens with one attached hydrogen (secondary N) is 1. The van der Waals surface area contributed by atoms with Crippen molar-refractivity contribution in [1.29, 1.82) is 0 Å². The Morgan fingerprint density at radius 3 is 2.59 bits per heavy atom. The molecule has 0 saturated carbocycles. The maximum Gasteiger partial charge on any atom is 0.240 e. The molecule has 1 aromatic carbocycles. The number of amides is 1. The molecule has 0 unspecified atom stereocenters. The molecule has 0 radical (unpaired) electrons. The fourth-order valence-electron chi connectivity index (χ4n) is 3.46. The maximum absolute atomic E-state index is 13.5. The van der Waals surface area contributed by atoms with E-state index in [9.17, 15) is 9.18 Å². The molecule has 3 heterocycles. The molecule has 1 aliphatic rings. The molecule has 0 atom stereocenters. The molecule has 29 heavy (non-hydrogen) atoms. The molecule has 3 aromatic rings. The summed E-state index contributed by atoms with van der Waals surface area (Å²) in [6, 6.07) is 9.44. The zero-order valence-electron chi connectivity index (χ0n) is 16.3. The number of aromatic nitrogens is 3. The Balaban J connectivity index is 1.91. The van der Waals surface area contributed by atoms with Crippen molar-refractivity contribution in [3.05, 3.63) is 54.2 Å². The number of ether oxygens (including phenoxy) is 1. The van der Waals surface area contributed by atoms with E-state index < -0.39 is 5.54 Å². The predicted molar refractivity (Wildman–Crippen MR) is 106 cm³/mol. The minimum atomic E-state index is -0.693. The third kappa shape index (κ3) is 3.29. The molecular weight excluding hydrogens is 375 g/mol. The van der Waals surface area contributed by atoms with Crippen LogP contribution in [-0.4, -0.2) is 27.6 Å². The van der Waals surface area contributed by atoms with Gasteiger partial charge in [-0.1, -0.05) is 0 Å². The number of hydrogen-bond acceptors (Lipinski definition) is 6. The Hall–Kier alpha value is -3.46. The highest BCUT2D eigenvalue weighted by Crippen LogP contribution is 2.38. The van der Waals surface area contributed by atoms with Crippen molar-refractivity contribution in [3.8, 4) is 17.1 Å². The lowest BCUT2D eigenvalue weighted by Crippen LogP contribution is -2.49. The van der Waals surface area contributed by atoms with Crippen molar-refractivity contribution >= 4 is 17.4 Å². The molecule has 1 aliphatic heterocycles. The fourth-order valence-corrected chi connectivity index (χ4v) is 3.46. The van der Waals surface area contributed by atoms with Crippen molar-refractivity contribution in [2.75, 3.05) is 12.1 Å². The molecule has 0 spiro atoms. The van der Waals surface area contributed by atoms with Crippen LogP contribution >= 0.6 is 0 Å². The summed E-state index contributed by atoms with van der Waals surface area (Å²) in [5.74, 6) is 7.60. The summed E-state index contributed by atoms with van der Waals surface area (Å²) in [7, 11) is 1.53. The number of nitrogens with zero attached hydrogens (tertiary/aromatic N) is 4. The van der Waals surface area contributed by atoms with Crippen molar-refractivity contribution in [2.45, 2.75) is 25.9 Å². The first kappa shape index (κ1) is 18.9. The van der Waals surface area contributed by atoms with Crippen LogP contribution < -0.4 is 20.9 Å². The van der Waals surface area contributed by atoms with Crippen LogP contribution in [0.3, 0.4) is 0 Å². The van der Waals surface area contributed by atoms with Gasteiger partial charge in [-0.15, -0.1) is 0 Å². The normalized spacial score (nSPS) is 14.9. The van der Waals surface area contributed by atoms with E-state index >= 15 is 0 Å². The lowest BCUT2D eigenvalue weighted by atomic mass is 10.0.